The van der Waals surface area contributed by atoms with E-state index >= 15 is 0 Å². The summed E-state index contributed by atoms with van der Waals surface area (Å²) in [5.74, 6) is 0.727. The smallest absolute Gasteiger partial charge is 0.326 e. The number of esters is 1. The third-order valence-corrected chi connectivity index (χ3v) is 3.75. The topological polar surface area (TPSA) is 71.4 Å². The second-order valence-corrected chi connectivity index (χ2v) is 5.17. The van der Waals surface area contributed by atoms with Crippen LogP contribution in [0.1, 0.15) is 12.5 Å². The minimum atomic E-state index is -0.894. The van der Waals surface area contributed by atoms with Crippen molar-refractivity contribution in [2.45, 2.75) is 19.0 Å². The molecule has 1 aromatic carbocycles. The molecule has 0 saturated heterocycles. The molecule has 0 aliphatic heterocycles. The zero-order valence-corrected chi connectivity index (χ0v) is 12.6. The van der Waals surface area contributed by atoms with Crippen molar-refractivity contribution in [3.63, 3.8) is 0 Å². The normalized spacial score (nSPS) is 13.1. The third kappa shape index (κ3) is 4.44. The first kappa shape index (κ1) is 16.3. The highest BCUT2D eigenvalue weighted by atomic mass is 32.2. The van der Waals surface area contributed by atoms with E-state index in [1.54, 1.807) is 14.0 Å². The molecule has 108 valence electrons. The number of nitriles is 1. The molecule has 0 aliphatic rings. The highest BCUT2D eigenvalue weighted by molar-refractivity contribution is 8.03. The number of nitrogens with one attached hydrogen (secondary N) is 1. The maximum atomic E-state index is 11.8. The van der Waals surface area contributed by atoms with Crippen LogP contribution in [0.2, 0.25) is 0 Å². The van der Waals surface area contributed by atoms with Gasteiger partial charge in [0, 0.05) is 12.3 Å². The fourth-order valence-corrected chi connectivity index (χ4v) is 2.20. The average Bonchev–Trinajstić information content (AvgIpc) is 2.50. The van der Waals surface area contributed by atoms with E-state index in [9.17, 15) is 4.79 Å². The summed E-state index contributed by atoms with van der Waals surface area (Å²) in [6.07, 6.45) is 0. The molecule has 0 spiro atoms. The van der Waals surface area contributed by atoms with Crippen LogP contribution in [0.25, 0.3) is 0 Å². The summed E-state index contributed by atoms with van der Waals surface area (Å²) in [7, 11) is 2.95. The lowest BCUT2D eigenvalue weighted by Gasteiger charge is -2.26. The summed E-state index contributed by atoms with van der Waals surface area (Å²) in [4.78, 5) is 11.8. The Bertz CT molecular complexity index is 484. The van der Waals surface area contributed by atoms with E-state index < -0.39 is 5.54 Å². The standard InChI is InChI=1S/C14H18N2O3S/c1-14(9-20-10-15,13(17)19-3)16-8-11-4-6-12(18-2)7-5-11/h4-7,16H,8-9H2,1-3H3. The number of methoxy groups -OCH3 is 2. The number of carbonyl (C=O) groups excluding carboxylic acids is 1. The molecule has 0 aromatic heterocycles. The molecule has 1 rings (SSSR count). The Labute approximate surface area is 123 Å². The van der Waals surface area contributed by atoms with Crippen LogP contribution in [0, 0.1) is 10.7 Å². The van der Waals surface area contributed by atoms with Gasteiger partial charge >= 0.3 is 5.97 Å². The van der Waals surface area contributed by atoms with Crippen molar-refractivity contribution in [2.24, 2.45) is 0 Å². The van der Waals surface area contributed by atoms with Crippen molar-refractivity contribution in [3.8, 4) is 11.2 Å². The minimum Gasteiger partial charge on any atom is -0.497 e. The largest absolute Gasteiger partial charge is 0.497 e. The van der Waals surface area contributed by atoms with E-state index in [1.807, 2.05) is 29.7 Å². The molecule has 0 aliphatic carbocycles. The zero-order chi connectivity index (χ0) is 15.0. The van der Waals surface area contributed by atoms with Gasteiger partial charge < -0.3 is 9.47 Å². The van der Waals surface area contributed by atoms with Gasteiger partial charge in [-0.3, -0.25) is 10.1 Å². The predicted molar refractivity (Wildman–Crippen MR) is 78.3 cm³/mol. The van der Waals surface area contributed by atoms with Gasteiger partial charge in [0.25, 0.3) is 0 Å². The molecule has 0 saturated carbocycles. The van der Waals surface area contributed by atoms with Crippen molar-refractivity contribution in [1.82, 2.24) is 5.32 Å². The number of hydrogen-bond donors (Lipinski definition) is 1. The molecule has 20 heavy (non-hydrogen) atoms. The number of benzene rings is 1. The van der Waals surface area contributed by atoms with Gasteiger partial charge in [0.1, 0.15) is 16.7 Å². The first-order valence-corrected chi connectivity index (χ1v) is 7.01. The van der Waals surface area contributed by atoms with Crippen molar-refractivity contribution in [1.29, 1.82) is 5.26 Å². The molecule has 0 fully saturated rings. The number of carbonyl (C=O) groups is 1. The first-order chi connectivity index (χ1) is 9.55. The van der Waals surface area contributed by atoms with Gasteiger partial charge in [-0.15, -0.1) is 0 Å². The van der Waals surface area contributed by atoms with E-state index in [2.05, 4.69) is 5.32 Å². The highest BCUT2D eigenvalue weighted by Gasteiger charge is 2.33. The van der Waals surface area contributed by atoms with Crippen molar-refractivity contribution >= 4 is 17.7 Å². The maximum Gasteiger partial charge on any atom is 0.326 e. The lowest BCUT2D eigenvalue weighted by atomic mass is 10.1. The molecule has 1 atom stereocenters. The van der Waals surface area contributed by atoms with Crippen molar-refractivity contribution in [2.75, 3.05) is 20.0 Å². The van der Waals surface area contributed by atoms with Gasteiger partial charge in [-0.05, 0) is 36.4 Å². The number of thiocyanates is 1. The molecule has 1 unspecified atom stereocenters. The monoisotopic (exact) mass is 294 g/mol. The lowest BCUT2D eigenvalue weighted by molar-refractivity contribution is -0.146. The Morgan fingerprint density at radius 1 is 1.40 bits per heavy atom. The van der Waals surface area contributed by atoms with Crippen molar-refractivity contribution < 1.29 is 14.3 Å². The van der Waals surface area contributed by atoms with Crippen LogP contribution in [0.15, 0.2) is 24.3 Å². The minimum absolute atomic E-state index is 0.326. The Hall–Kier alpha value is -1.71. The van der Waals surface area contributed by atoms with Crippen molar-refractivity contribution in [3.05, 3.63) is 29.8 Å². The molecule has 0 heterocycles. The SMILES string of the molecule is COC(=O)C(C)(CSC#N)NCc1ccc(OC)cc1. The van der Waals surface area contributed by atoms with Crippen LogP contribution >= 0.6 is 11.8 Å². The van der Waals surface area contributed by atoms with Gasteiger partial charge in [-0.2, -0.15) is 5.26 Å². The van der Waals surface area contributed by atoms with Crippen LogP contribution < -0.4 is 10.1 Å². The molecular formula is C14H18N2O3S. The second-order valence-electron chi connectivity index (χ2n) is 4.41. The fraction of sp³-hybridized carbons (Fsp3) is 0.429. The van der Waals surface area contributed by atoms with Crippen LogP contribution in [0.5, 0.6) is 5.75 Å². The van der Waals surface area contributed by atoms with Gasteiger partial charge in [0.15, 0.2) is 0 Å². The van der Waals surface area contributed by atoms with Crippen LogP contribution in [-0.2, 0) is 16.1 Å². The second kappa shape index (κ2) is 7.78. The van der Waals surface area contributed by atoms with E-state index in [0.717, 1.165) is 23.1 Å². The van der Waals surface area contributed by atoms with Crippen LogP contribution in [0.3, 0.4) is 0 Å². The number of ether oxygens (including phenoxy) is 2. The number of hydrogen-bond acceptors (Lipinski definition) is 6. The third-order valence-electron chi connectivity index (χ3n) is 2.90. The van der Waals surface area contributed by atoms with Gasteiger partial charge in [0.05, 0.1) is 14.2 Å². The average molecular weight is 294 g/mol. The van der Waals surface area contributed by atoms with Crippen LogP contribution in [0.4, 0.5) is 0 Å². The summed E-state index contributed by atoms with van der Waals surface area (Å²) in [5.41, 5.74) is 0.123. The molecule has 5 nitrogen and oxygen atoms in total. The van der Waals surface area contributed by atoms with Crippen LogP contribution in [-0.4, -0.2) is 31.5 Å². The number of rotatable bonds is 7. The molecule has 1 aromatic rings. The van der Waals surface area contributed by atoms with Gasteiger partial charge in [0.2, 0.25) is 0 Å². The quantitative estimate of drug-likeness (QED) is 0.612. The summed E-state index contributed by atoms with van der Waals surface area (Å²) in [6, 6.07) is 7.55. The van der Waals surface area contributed by atoms with E-state index in [4.69, 9.17) is 14.7 Å². The summed E-state index contributed by atoms with van der Waals surface area (Å²) >= 11 is 1.02. The van der Waals surface area contributed by atoms with E-state index in [-0.39, 0.29) is 5.97 Å². The van der Waals surface area contributed by atoms with E-state index in [0.29, 0.717) is 12.3 Å². The summed E-state index contributed by atoms with van der Waals surface area (Å²) < 4.78 is 9.88. The fourth-order valence-electron chi connectivity index (χ4n) is 1.62. The Morgan fingerprint density at radius 2 is 2.05 bits per heavy atom. The molecular weight excluding hydrogens is 276 g/mol. The molecule has 0 radical (unpaired) electrons. The molecule has 6 heteroatoms. The Morgan fingerprint density at radius 3 is 2.55 bits per heavy atom. The number of thioether (sulfide) groups is 1. The summed E-state index contributed by atoms with van der Waals surface area (Å²) in [6.45, 7) is 2.23. The summed E-state index contributed by atoms with van der Waals surface area (Å²) in [5, 5.41) is 13.8. The Balaban J connectivity index is 2.70. The lowest BCUT2D eigenvalue weighted by Crippen LogP contribution is -2.51. The van der Waals surface area contributed by atoms with Gasteiger partial charge in [-0.1, -0.05) is 12.1 Å². The molecule has 0 bridgehead atoms. The predicted octanol–water partition coefficient (Wildman–Crippen LogP) is 1.93. The van der Waals surface area contributed by atoms with Gasteiger partial charge in [-0.25, -0.2) is 0 Å². The highest BCUT2D eigenvalue weighted by Crippen LogP contribution is 2.16. The molecule has 0 amide bonds. The Kier molecular flexibility index (Phi) is 6.36. The maximum absolute atomic E-state index is 11.8. The first-order valence-electron chi connectivity index (χ1n) is 6.03. The van der Waals surface area contributed by atoms with E-state index in [1.165, 1.54) is 7.11 Å². The number of nitrogens with zero attached hydrogens (tertiary/aromatic N) is 1. The molecule has 1 N–H and O–H groups in total. The zero-order valence-electron chi connectivity index (χ0n) is 11.8.